The van der Waals surface area contributed by atoms with Gasteiger partial charge in [0.1, 0.15) is 0 Å². The fraction of sp³-hybridized carbons (Fsp3) is 0.350. The topological polar surface area (TPSA) is 32.8 Å². The van der Waals surface area contributed by atoms with Gasteiger partial charge in [-0.3, -0.25) is 9.69 Å². The van der Waals surface area contributed by atoms with E-state index in [9.17, 15) is 4.79 Å². The smallest absolute Gasteiger partial charge is 0.253 e. The lowest BCUT2D eigenvalue weighted by Gasteiger charge is -2.36. The summed E-state index contributed by atoms with van der Waals surface area (Å²) >= 11 is 0. The maximum atomic E-state index is 12.7. The number of carbonyl (C=O) groups is 1. The molecule has 124 valence electrons. The van der Waals surface area contributed by atoms with Crippen LogP contribution in [0.25, 0.3) is 0 Å². The van der Waals surface area contributed by atoms with E-state index >= 15 is 0 Å². The third-order valence-electron chi connectivity index (χ3n) is 4.95. The SMILES string of the molecule is O=C(c1ccccc1)N1C[C@H]2OCCN(Cc3ccccc3)[C@H]2C1. The minimum atomic E-state index is 0.105. The van der Waals surface area contributed by atoms with Gasteiger partial charge in [0.25, 0.3) is 5.91 Å². The summed E-state index contributed by atoms with van der Waals surface area (Å²) in [5.74, 6) is 0.105. The van der Waals surface area contributed by atoms with Gasteiger partial charge in [0.2, 0.25) is 0 Å². The Morgan fingerprint density at radius 3 is 2.46 bits per heavy atom. The van der Waals surface area contributed by atoms with Crippen molar-refractivity contribution in [2.75, 3.05) is 26.2 Å². The lowest BCUT2D eigenvalue weighted by Crippen LogP contribution is -2.50. The molecule has 4 nitrogen and oxygen atoms in total. The van der Waals surface area contributed by atoms with Crippen molar-refractivity contribution in [2.45, 2.75) is 18.7 Å². The maximum absolute atomic E-state index is 12.7. The first-order valence-corrected chi connectivity index (χ1v) is 8.55. The largest absolute Gasteiger partial charge is 0.373 e. The van der Waals surface area contributed by atoms with Crippen LogP contribution in [-0.4, -0.2) is 54.1 Å². The van der Waals surface area contributed by atoms with Crippen LogP contribution in [0, 0.1) is 0 Å². The van der Waals surface area contributed by atoms with Gasteiger partial charge in [-0.1, -0.05) is 48.5 Å². The average molecular weight is 322 g/mol. The quantitative estimate of drug-likeness (QED) is 0.870. The Morgan fingerprint density at radius 1 is 1.00 bits per heavy atom. The summed E-state index contributed by atoms with van der Waals surface area (Å²) in [6.07, 6.45) is 0.120. The minimum Gasteiger partial charge on any atom is -0.373 e. The minimum absolute atomic E-state index is 0.105. The number of benzene rings is 2. The van der Waals surface area contributed by atoms with Crippen molar-refractivity contribution in [1.82, 2.24) is 9.80 Å². The van der Waals surface area contributed by atoms with Gasteiger partial charge in [-0.05, 0) is 17.7 Å². The van der Waals surface area contributed by atoms with E-state index in [0.717, 1.165) is 31.8 Å². The fourth-order valence-electron chi connectivity index (χ4n) is 3.70. The van der Waals surface area contributed by atoms with Gasteiger partial charge in [0.05, 0.1) is 18.8 Å². The van der Waals surface area contributed by atoms with E-state index in [-0.39, 0.29) is 18.1 Å². The second-order valence-corrected chi connectivity index (χ2v) is 6.51. The highest BCUT2D eigenvalue weighted by Gasteiger charge is 2.41. The summed E-state index contributed by atoms with van der Waals surface area (Å²) in [5.41, 5.74) is 2.07. The molecular formula is C20H22N2O2. The predicted molar refractivity (Wildman–Crippen MR) is 92.7 cm³/mol. The van der Waals surface area contributed by atoms with Gasteiger partial charge in [-0.25, -0.2) is 0 Å². The van der Waals surface area contributed by atoms with Crippen molar-refractivity contribution in [2.24, 2.45) is 0 Å². The van der Waals surface area contributed by atoms with Gasteiger partial charge in [0.15, 0.2) is 0 Å². The number of nitrogens with zero attached hydrogens (tertiary/aromatic N) is 2. The van der Waals surface area contributed by atoms with E-state index in [1.54, 1.807) is 0 Å². The number of morpholine rings is 1. The molecule has 2 saturated heterocycles. The zero-order valence-electron chi connectivity index (χ0n) is 13.7. The van der Waals surface area contributed by atoms with Crippen molar-refractivity contribution in [3.8, 4) is 0 Å². The van der Waals surface area contributed by atoms with Crippen molar-refractivity contribution >= 4 is 5.91 Å². The molecule has 2 heterocycles. The van der Waals surface area contributed by atoms with Crippen molar-refractivity contribution < 1.29 is 9.53 Å². The highest BCUT2D eigenvalue weighted by molar-refractivity contribution is 5.94. The van der Waals surface area contributed by atoms with Crippen molar-refractivity contribution in [3.05, 3.63) is 71.8 Å². The van der Waals surface area contributed by atoms with Crippen LogP contribution in [0.2, 0.25) is 0 Å². The predicted octanol–water partition coefficient (Wildman–Crippen LogP) is 2.41. The third kappa shape index (κ3) is 3.07. The number of hydrogen-bond donors (Lipinski definition) is 0. The molecule has 24 heavy (non-hydrogen) atoms. The summed E-state index contributed by atoms with van der Waals surface area (Å²) < 4.78 is 5.95. The Labute approximate surface area is 142 Å². The molecule has 0 bridgehead atoms. The maximum Gasteiger partial charge on any atom is 0.253 e. The Balaban J connectivity index is 1.47. The second-order valence-electron chi connectivity index (χ2n) is 6.51. The standard InChI is InChI=1S/C20H22N2O2/c23-20(17-9-5-2-6-10-17)22-14-18-19(15-22)24-12-11-21(18)13-16-7-3-1-4-8-16/h1-10,18-19H,11-15H2/t18-,19+/m0/s1. The van der Waals surface area contributed by atoms with Crippen LogP contribution in [0.15, 0.2) is 60.7 Å². The summed E-state index contributed by atoms with van der Waals surface area (Å²) in [5, 5.41) is 0. The molecule has 2 aliphatic rings. The first-order chi connectivity index (χ1) is 11.8. The van der Waals surface area contributed by atoms with E-state index in [1.807, 2.05) is 41.3 Å². The first-order valence-electron chi connectivity index (χ1n) is 8.55. The zero-order valence-corrected chi connectivity index (χ0v) is 13.7. The number of likely N-dealkylation sites (tertiary alicyclic amines) is 1. The van der Waals surface area contributed by atoms with Gasteiger partial charge in [0, 0.05) is 31.7 Å². The molecule has 2 aromatic rings. The number of ether oxygens (including phenoxy) is 1. The lowest BCUT2D eigenvalue weighted by molar-refractivity contribution is -0.0503. The Kier molecular flexibility index (Phi) is 4.32. The van der Waals surface area contributed by atoms with E-state index in [1.165, 1.54) is 5.56 Å². The zero-order chi connectivity index (χ0) is 16.4. The van der Waals surface area contributed by atoms with E-state index in [4.69, 9.17) is 4.74 Å². The van der Waals surface area contributed by atoms with Gasteiger partial charge >= 0.3 is 0 Å². The monoisotopic (exact) mass is 322 g/mol. The lowest BCUT2D eigenvalue weighted by atomic mass is 10.1. The average Bonchev–Trinajstić information content (AvgIpc) is 3.08. The van der Waals surface area contributed by atoms with E-state index in [2.05, 4.69) is 29.2 Å². The van der Waals surface area contributed by atoms with E-state index in [0.29, 0.717) is 6.54 Å². The van der Waals surface area contributed by atoms with Crippen LogP contribution in [0.3, 0.4) is 0 Å². The normalized spacial score (nSPS) is 23.9. The van der Waals surface area contributed by atoms with Crippen LogP contribution in [0.1, 0.15) is 15.9 Å². The Bertz CT molecular complexity index is 689. The van der Waals surface area contributed by atoms with Crippen LogP contribution in [0.5, 0.6) is 0 Å². The van der Waals surface area contributed by atoms with Crippen LogP contribution in [-0.2, 0) is 11.3 Å². The number of fused-ring (bicyclic) bond motifs is 1. The molecule has 2 atom stereocenters. The molecule has 1 amide bonds. The van der Waals surface area contributed by atoms with Crippen LogP contribution >= 0.6 is 0 Å². The van der Waals surface area contributed by atoms with E-state index < -0.39 is 0 Å². The van der Waals surface area contributed by atoms with Crippen LogP contribution in [0.4, 0.5) is 0 Å². The summed E-state index contributed by atoms with van der Waals surface area (Å²) in [4.78, 5) is 17.1. The molecule has 4 heteroatoms. The third-order valence-corrected chi connectivity index (χ3v) is 4.95. The van der Waals surface area contributed by atoms with Crippen molar-refractivity contribution in [3.63, 3.8) is 0 Å². The highest BCUT2D eigenvalue weighted by Crippen LogP contribution is 2.25. The molecule has 0 aromatic heterocycles. The highest BCUT2D eigenvalue weighted by atomic mass is 16.5. The molecule has 0 aliphatic carbocycles. The Morgan fingerprint density at radius 2 is 1.71 bits per heavy atom. The molecule has 0 N–H and O–H groups in total. The molecule has 0 radical (unpaired) electrons. The summed E-state index contributed by atoms with van der Waals surface area (Å²) in [7, 11) is 0. The first kappa shape index (κ1) is 15.4. The molecule has 0 spiro atoms. The summed E-state index contributed by atoms with van der Waals surface area (Å²) in [6, 6.07) is 20.3. The van der Waals surface area contributed by atoms with Crippen LogP contribution < -0.4 is 0 Å². The number of amides is 1. The van der Waals surface area contributed by atoms with Gasteiger partial charge in [-0.15, -0.1) is 0 Å². The van der Waals surface area contributed by atoms with Gasteiger partial charge < -0.3 is 9.64 Å². The second kappa shape index (κ2) is 6.75. The molecule has 0 unspecified atom stereocenters. The molecule has 2 aliphatic heterocycles. The number of carbonyl (C=O) groups excluding carboxylic acids is 1. The number of rotatable bonds is 3. The van der Waals surface area contributed by atoms with Crippen molar-refractivity contribution in [1.29, 1.82) is 0 Å². The molecule has 2 aromatic carbocycles. The molecule has 2 fully saturated rings. The molecule has 4 rings (SSSR count). The Hall–Kier alpha value is -2.17. The van der Waals surface area contributed by atoms with Gasteiger partial charge in [-0.2, -0.15) is 0 Å². The molecule has 0 saturated carbocycles. The molecular weight excluding hydrogens is 300 g/mol. The number of hydrogen-bond acceptors (Lipinski definition) is 3. The summed E-state index contributed by atoms with van der Waals surface area (Å²) in [6.45, 7) is 4.00. The fourth-order valence-corrected chi connectivity index (χ4v) is 3.70.